The Labute approximate surface area is 160 Å². The van der Waals surface area contributed by atoms with E-state index in [0.717, 1.165) is 26.7 Å². The Morgan fingerprint density at radius 3 is 2.35 bits per heavy atom. The normalized spacial score (nSPS) is 10.4. The van der Waals surface area contributed by atoms with E-state index in [2.05, 4.69) is 20.8 Å². The Morgan fingerprint density at radius 1 is 1.08 bits per heavy atom. The van der Waals surface area contributed by atoms with Gasteiger partial charge in [-0.2, -0.15) is 0 Å². The molecule has 6 nitrogen and oxygen atoms in total. The summed E-state index contributed by atoms with van der Waals surface area (Å²) in [7, 11) is 1.79. The maximum absolute atomic E-state index is 12.0. The number of anilines is 2. The first-order valence-corrected chi connectivity index (χ1v) is 9.71. The van der Waals surface area contributed by atoms with E-state index in [-0.39, 0.29) is 11.7 Å². The molecular weight excluding hydrogens is 368 g/mol. The highest BCUT2D eigenvalue weighted by Gasteiger charge is 2.08. The fraction of sp³-hybridized carbons (Fsp3) is 0.167. The van der Waals surface area contributed by atoms with Gasteiger partial charge < -0.3 is 15.4 Å². The van der Waals surface area contributed by atoms with E-state index in [1.807, 2.05) is 55.5 Å². The SMILES string of the molecule is CNc1nnc(SCC(=O)Nc2ccc(Oc3ccc(C)cc3)cc2)s1. The molecular formula is C18H18N4O2S2. The number of aromatic nitrogens is 2. The van der Waals surface area contributed by atoms with Gasteiger partial charge in [0.05, 0.1) is 5.75 Å². The molecule has 8 heteroatoms. The molecule has 1 heterocycles. The van der Waals surface area contributed by atoms with E-state index in [0.29, 0.717) is 0 Å². The minimum atomic E-state index is -0.0941. The monoisotopic (exact) mass is 386 g/mol. The van der Waals surface area contributed by atoms with Crippen molar-refractivity contribution in [2.24, 2.45) is 0 Å². The Bertz CT molecular complexity index is 864. The van der Waals surface area contributed by atoms with Gasteiger partial charge in [-0.25, -0.2) is 0 Å². The predicted octanol–water partition coefficient (Wildman–Crippen LogP) is 4.41. The highest BCUT2D eigenvalue weighted by molar-refractivity contribution is 8.01. The van der Waals surface area contributed by atoms with Gasteiger partial charge in [0.25, 0.3) is 0 Å². The smallest absolute Gasteiger partial charge is 0.234 e. The van der Waals surface area contributed by atoms with Crippen molar-refractivity contribution in [3.63, 3.8) is 0 Å². The second-order valence-corrected chi connectivity index (χ2v) is 7.60. The van der Waals surface area contributed by atoms with Gasteiger partial charge in [-0.05, 0) is 43.3 Å². The lowest BCUT2D eigenvalue weighted by atomic mass is 10.2. The number of nitrogens with zero attached hydrogens (tertiary/aromatic N) is 2. The molecule has 0 aliphatic rings. The van der Waals surface area contributed by atoms with Gasteiger partial charge in [-0.1, -0.05) is 40.8 Å². The van der Waals surface area contributed by atoms with Crippen molar-refractivity contribution in [2.75, 3.05) is 23.4 Å². The van der Waals surface area contributed by atoms with Gasteiger partial charge >= 0.3 is 0 Å². The van der Waals surface area contributed by atoms with Crippen molar-refractivity contribution in [1.29, 1.82) is 0 Å². The molecule has 1 aromatic heterocycles. The number of carbonyl (C=O) groups is 1. The van der Waals surface area contributed by atoms with Crippen molar-refractivity contribution in [1.82, 2.24) is 10.2 Å². The van der Waals surface area contributed by atoms with Crippen LogP contribution in [0.2, 0.25) is 0 Å². The fourth-order valence-corrected chi connectivity index (χ4v) is 3.55. The second kappa shape index (κ2) is 8.68. The molecule has 134 valence electrons. The van der Waals surface area contributed by atoms with Gasteiger partial charge in [0.15, 0.2) is 4.34 Å². The number of rotatable bonds is 7. The van der Waals surface area contributed by atoms with Crippen LogP contribution in [0.1, 0.15) is 5.56 Å². The molecule has 0 saturated heterocycles. The number of benzene rings is 2. The summed E-state index contributed by atoms with van der Waals surface area (Å²) in [5, 5.41) is 14.4. The molecule has 2 N–H and O–H groups in total. The lowest BCUT2D eigenvalue weighted by Crippen LogP contribution is -2.13. The number of thioether (sulfide) groups is 1. The Kier molecular flexibility index (Phi) is 6.08. The lowest BCUT2D eigenvalue weighted by Gasteiger charge is -2.08. The van der Waals surface area contributed by atoms with Crippen molar-refractivity contribution >= 4 is 39.8 Å². The minimum absolute atomic E-state index is 0.0941. The zero-order chi connectivity index (χ0) is 18.4. The van der Waals surface area contributed by atoms with Crippen molar-refractivity contribution in [3.8, 4) is 11.5 Å². The van der Waals surface area contributed by atoms with Crippen LogP contribution in [0.3, 0.4) is 0 Å². The fourth-order valence-electron chi connectivity index (χ4n) is 2.04. The molecule has 0 unspecified atom stereocenters. The summed E-state index contributed by atoms with van der Waals surface area (Å²) in [6.45, 7) is 2.03. The number of ether oxygens (including phenoxy) is 1. The minimum Gasteiger partial charge on any atom is -0.457 e. The molecule has 26 heavy (non-hydrogen) atoms. The average Bonchev–Trinajstić information content (AvgIpc) is 3.12. The van der Waals surface area contributed by atoms with Crippen LogP contribution in [0.25, 0.3) is 0 Å². The third-order valence-electron chi connectivity index (χ3n) is 3.34. The number of aryl methyl sites for hydroxylation is 1. The van der Waals surface area contributed by atoms with E-state index in [1.54, 1.807) is 7.05 Å². The highest BCUT2D eigenvalue weighted by atomic mass is 32.2. The number of amides is 1. The van der Waals surface area contributed by atoms with Gasteiger partial charge in [0.2, 0.25) is 11.0 Å². The number of nitrogens with one attached hydrogen (secondary N) is 2. The molecule has 0 spiro atoms. The number of hydrogen-bond donors (Lipinski definition) is 2. The summed E-state index contributed by atoms with van der Waals surface area (Å²) in [5.74, 6) is 1.68. The summed E-state index contributed by atoms with van der Waals surface area (Å²) >= 11 is 2.78. The predicted molar refractivity (Wildman–Crippen MR) is 107 cm³/mol. The molecule has 0 aliphatic heterocycles. The number of carbonyl (C=O) groups excluding carboxylic acids is 1. The molecule has 0 atom stereocenters. The zero-order valence-corrected chi connectivity index (χ0v) is 16.0. The van der Waals surface area contributed by atoms with Crippen molar-refractivity contribution in [3.05, 3.63) is 54.1 Å². The summed E-state index contributed by atoms with van der Waals surface area (Å²) in [4.78, 5) is 12.0. The van der Waals surface area contributed by atoms with Crippen LogP contribution >= 0.6 is 23.1 Å². The van der Waals surface area contributed by atoms with Crippen LogP contribution in [0, 0.1) is 6.92 Å². The molecule has 2 aromatic carbocycles. The average molecular weight is 387 g/mol. The van der Waals surface area contributed by atoms with Crippen LogP contribution < -0.4 is 15.4 Å². The quantitative estimate of drug-likeness (QED) is 0.586. The lowest BCUT2D eigenvalue weighted by molar-refractivity contribution is -0.113. The first kappa shape index (κ1) is 18.2. The summed E-state index contributed by atoms with van der Waals surface area (Å²) in [5.41, 5.74) is 1.91. The molecule has 3 aromatic rings. The molecule has 0 bridgehead atoms. The Morgan fingerprint density at radius 2 is 1.73 bits per heavy atom. The maximum Gasteiger partial charge on any atom is 0.234 e. The first-order valence-electron chi connectivity index (χ1n) is 7.91. The maximum atomic E-state index is 12.0. The van der Waals surface area contributed by atoms with E-state index in [1.165, 1.54) is 28.7 Å². The molecule has 0 radical (unpaired) electrons. The van der Waals surface area contributed by atoms with E-state index in [9.17, 15) is 4.79 Å². The van der Waals surface area contributed by atoms with Gasteiger partial charge in [0, 0.05) is 12.7 Å². The van der Waals surface area contributed by atoms with E-state index < -0.39 is 0 Å². The Hall–Kier alpha value is -2.58. The largest absolute Gasteiger partial charge is 0.457 e. The molecule has 0 aliphatic carbocycles. The summed E-state index contributed by atoms with van der Waals surface area (Å²) in [6, 6.07) is 15.1. The van der Waals surface area contributed by atoms with E-state index in [4.69, 9.17) is 4.74 Å². The van der Waals surface area contributed by atoms with Gasteiger partial charge in [-0.3, -0.25) is 4.79 Å². The summed E-state index contributed by atoms with van der Waals surface area (Å²) in [6.07, 6.45) is 0. The molecule has 1 amide bonds. The Balaban J connectivity index is 1.50. The van der Waals surface area contributed by atoms with Crippen LogP contribution in [0.15, 0.2) is 52.9 Å². The van der Waals surface area contributed by atoms with Crippen LogP contribution in [0.4, 0.5) is 10.8 Å². The zero-order valence-electron chi connectivity index (χ0n) is 14.4. The standard InChI is InChI=1S/C18H18N4O2S2/c1-12-3-7-14(8-4-12)24-15-9-5-13(6-10-15)20-16(23)11-25-18-22-21-17(19-2)26-18/h3-10H,11H2,1-2H3,(H,19,21)(H,20,23). The topological polar surface area (TPSA) is 76.1 Å². The molecule has 3 rings (SSSR count). The van der Waals surface area contributed by atoms with Crippen LogP contribution in [0.5, 0.6) is 11.5 Å². The number of hydrogen-bond acceptors (Lipinski definition) is 7. The van der Waals surface area contributed by atoms with Gasteiger partial charge in [0.1, 0.15) is 11.5 Å². The third-order valence-corrected chi connectivity index (χ3v) is 5.42. The first-order chi connectivity index (χ1) is 12.6. The van der Waals surface area contributed by atoms with Crippen LogP contribution in [-0.4, -0.2) is 28.9 Å². The summed E-state index contributed by atoms with van der Waals surface area (Å²) < 4.78 is 6.53. The van der Waals surface area contributed by atoms with Crippen molar-refractivity contribution < 1.29 is 9.53 Å². The molecule has 0 saturated carbocycles. The van der Waals surface area contributed by atoms with Crippen molar-refractivity contribution in [2.45, 2.75) is 11.3 Å². The second-order valence-electron chi connectivity index (χ2n) is 5.40. The van der Waals surface area contributed by atoms with E-state index >= 15 is 0 Å². The van der Waals surface area contributed by atoms with Crippen LogP contribution in [-0.2, 0) is 4.79 Å². The third kappa shape index (κ3) is 5.21. The van der Waals surface area contributed by atoms with Gasteiger partial charge in [-0.15, -0.1) is 10.2 Å². The molecule has 0 fully saturated rings. The highest BCUT2D eigenvalue weighted by Crippen LogP contribution is 2.26.